The quantitative estimate of drug-likeness (QED) is 0.488. The van der Waals surface area contributed by atoms with Crippen LogP contribution in [0, 0.1) is 6.92 Å². The first-order chi connectivity index (χ1) is 12.6. The molecule has 0 spiro atoms. The SMILES string of the molecule is Cc1ccc2c(c1)C[P+](c1ccccc1)(c1ccccc1)C(C)CC2C. The molecule has 4 rings (SSSR count). The van der Waals surface area contributed by atoms with Gasteiger partial charge >= 0.3 is 0 Å². The summed E-state index contributed by atoms with van der Waals surface area (Å²) in [6.07, 6.45) is 2.44. The topological polar surface area (TPSA) is 0 Å². The van der Waals surface area contributed by atoms with Gasteiger partial charge in [0.25, 0.3) is 0 Å². The maximum atomic E-state index is 2.50. The van der Waals surface area contributed by atoms with Crippen LogP contribution in [0.1, 0.15) is 42.9 Å². The largest absolute Gasteiger partial charge is 0.0998 e. The van der Waals surface area contributed by atoms with Crippen molar-refractivity contribution in [2.24, 2.45) is 0 Å². The van der Waals surface area contributed by atoms with E-state index in [9.17, 15) is 0 Å². The summed E-state index contributed by atoms with van der Waals surface area (Å²) in [5.41, 5.74) is 5.19. The molecule has 2 unspecified atom stereocenters. The van der Waals surface area contributed by atoms with Gasteiger partial charge in [-0.2, -0.15) is 0 Å². The molecule has 2 atom stereocenters. The third-order valence-electron chi connectivity index (χ3n) is 6.13. The molecule has 132 valence electrons. The van der Waals surface area contributed by atoms with E-state index < -0.39 is 7.26 Å². The van der Waals surface area contributed by atoms with E-state index in [1.807, 2.05) is 0 Å². The van der Waals surface area contributed by atoms with Crippen LogP contribution < -0.4 is 10.6 Å². The maximum Gasteiger partial charge on any atom is 0.0998 e. The Kier molecular flexibility index (Phi) is 4.72. The van der Waals surface area contributed by atoms with Crippen LogP contribution in [0.4, 0.5) is 0 Å². The Morgan fingerprint density at radius 1 is 0.769 bits per heavy atom. The Morgan fingerprint density at radius 3 is 1.92 bits per heavy atom. The van der Waals surface area contributed by atoms with E-state index in [1.54, 1.807) is 21.7 Å². The average Bonchev–Trinajstić information content (AvgIpc) is 2.77. The molecule has 3 aromatic carbocycles. The summed E-state index contributed by atoms with van der Waals surface area (Å²) in [5.74, 6) is 0.620. The molecule has 0 fully saturated rings. The smallest absolute Gasteiger partial charge is 0.0620 e. The fraction of sp³-hybridized carbons (Fsp3) is 0.280. The lowest BCUT2D eigenvalue weighted by atomic mass is 9.92. The van der Waals surface area contributed by atoms with Gasteiger partial charge in [-0.25, -0.2) is 0 Å². The molecule has 1 heterocycles. The standard InChI is InChI=1S/C25H28P/c1-19-14-15-25-20(2)17-21(3)26(18-22(25)16-19,23-10-6-4-7-11-23)24-12-8-5-9-13-24/h4-16,20-21H,17-18H2,1-3H3/q+1. The second kappa shape index (κ2) is 7.01. The lowest BCUT2D eigenvalue weighted by Gasteiger charge is -2.32. The molecule has 0 saturated heterocycles. The predicted molar refractivity (Wildman–Crippen MR) is 116 cm³/mol. The zero-order valence-corrected chi connectivity index (χ0v) is 16.9. The van der Waals surface area contributed by atoms with Crippen molar-refractivity contribution in [1.29, 1.82) is 0 Å². The lowest BCUT2D eigenvalue weighted by molar-refractivity contribution is 0.674. The van der Waals surface area contributed by atoms with Crippen molar-refractivity contribution < 1.29 is 0 Å². The second-order valence-corrected chi connectivity index (χ2v) is 11.9. The van der Waals surface area contributed by atoms with Crippen LogP contribution in [0.5, 0.6) is 0 Å². The maximum absolute atomic E-state index is 2.50. The number of fused-ring (bicyclic) bond motifs is 1. The van der Waals surface area contributed by atoms with Crippen molar-refractivity contribution in [2.45, 2.75) is 44.9 Å². The van der Waals surface area contributed by atoms with Gasteiger partial charge in [-0.1, -0.05) is 67.1 Å². The number of benzene rings is 3. The van der Waals surface area contributed by atoms with E-state index >= 15 is 0 Å². The molecule has 0 amide bonds. The Balaban J connectivity index is 1.98. The zero-order chi connectivity index (χ0) is 18.1. The third-order valence-corrected chi connectivity index (χ3v) is 11.1. The molecule has 1 heteroatoms. The molecule has 26 heavy (non-hydrogen) atoms. The highest BCUT2D eigenvalue weighted by Crippen LogP contribution is 2.66. The summed E-state index contributed by atoms with van der Waals surface area (Å²) in [5, 5.41) is 3.11. The molecule has 1 aliphatic heterocycles. The summed E-state index contributed by atoms with van der Waals surface area (Å²) in [6, 6.07) is 29.8. The first kappa shape index (κ1) is 17.5. The van der Waals surface area contributed by atoms with Crippen molar-refractivity contribution in [3.05, 3.63) is 95.6 Å². The molecule has 0 bridgehead atoms. The average molecular weight is 359 g/mol. The summed E-state index contributed by atoms with van der Waals surface area (Å²) in [7, 11) is -1.52. The van der Waals surface area contributed by atoms with Crippen LogP contribution in [0.2, 0.25) is 0 Å². The number of hydrogen-bond acceptors (Lipinski definition) is 0. The van der Waals surface area contributed by atoms with Crippen molar-refractivity contribution in [1.82, 2.24) is 0 Å². The highest BCUT2D eigenvalue weighted by molar-refractivity contribution is 7.89. The van der Waals surface area contributed by atoms with Crippen molar-refractivity contribution in [2.75, 3.05) is 0 Å². The monoisotopic (exact) mass is 359 g/mol. The molecule has 1 aliphatic rings. The van der Waals surface area contributed by atoms with Crippen molar-refractivity contribution in [3.63, 3.8) is 0 Å². The van der Waals surface area contributed by atoms with Gasteiger partial charge < -0.3 is 0 Å². The predicted octanol–water partition coefficient (Wildman–Crippen LogP) is 6.06. The Labute approximate surface area is 158 Å². The highest BCUT2D eigenvalue weighted by Gasteiger charge is 2.50. The summed E-state index contributed by atoms with van der Waals surface area (Å²) in [4.78, 5) is 0. The highest BCUT2D eigenvalue weighted by atomic mass is 31.2. The van der Waals surface area contributed by atoms with Gasteiger partial charge in [-0.3, -0.25) is 0 Å². The van der Waals surface area contributed by atoms with Crippen molar-refractivity contribution in [3.8, 4) is 0 Å². The zero-order valence-electron chi connectivity index (χ0n) is 16.0. The van der Waals surface area contributed by atoms with Gasteiger partial charge in [0.1, 0.15) is 0 Å². The number of hydrogen-bond donors (Lipinski definition) is 0. The number of aryl methyl sites for hydroxylation is 1. The second-order valence-electron chi connectivity index (χ2n) is 7.89. The first-order valence-electron chi connectivity index (χ1n) is 9.69. The Bertz CT molecular complexity index is 843. The van der Waals surface area contributed by atoms with Gasteiger partial charge in [0, 0.05) is 0 Å². The molecule has 0 nitrogen and oxygen atoms in total. The summed E-state index contributed by atoms with van der Waals surface area (Å²) in [6.45, 7) is 7.15. The molecule has 0 radical (unpaired) electrons. The minimum absolute atomic E-state index is 0.620. The molecular formula is C25H28P+. The minimum atomic E-state index is -1.52. The van der Waals surface area contributed by atoms with E-state index in [2.05, 4.69) is 99.6 Å². The van der Waals surface area contributed by atoms with Gasteiger partial charge in [0.2, 0.25) is 0 Å². The van der Waals surface area contributed by atoms with Crippen LogP contribution in [-0.4, -0.2) is 5.66 Å². The van der Waals surface area contributed by atoms with Gasteiger partial charge in [-0.05, 0) is 61.6 Å². The van der Waals surface area contributed by atoms with Crippen LogP contribution in [0.25, 0.3) is 0 Å². The van der Waals surface area contributed by atoms with Crippen molar-refractivity contribution >= 4 is 17.9 Å². The van der Waals surface area contributed by atoms with E-state index in [-0.39, 0.29) is 0 Å². The fourth-order valence-electron chi connectivity index (χ4n) is 4.82. The molecule has 0 saturated carbocycles. The lowest BCUT2D eigenvalue weighted by Crippen LogP contribution is -2.31. The fourth-order valence-corrected chi connectivity index (χ4v) is 9.71. The normalized spacial score (nSPS) is 21.7. The van der Waals surface area contributed by atoms with Gasteiger partial charge in [0.05, 0.1) is 29.7 Å². The van der Waals surface area contributed by atoms with Crippen LogP contribution in [-0.2, 0) is 6.16 Å². The first-order valence-corrected chi connectivity index (χ1v) is 11.7. The van der Waals surface area contributed by atoms with E-state index in [4.69, 9.17) is 0 Å². The Hall–Kier alpha value is -1.91. The van der Waals surface area contributed by atoms with E-state index in [0.717, 1.165) is 0 Å². The van der Waals surface area contributed by atoms with Crippen LogP contribution in [0.3, 0.4) is 0 Å². The summed E-state index contributed by atoms with van der Waals surface area (Å²) >= 11 is 0. The van der Waals surface area contributed by atoms with E-state index in [1.165, 1.54) is 18.1 Å². The van der Waals surface area contributed by atoms with Crippen LogP contribution >= 0.6 is 7.26 Å². The van der Waals surface area contributed by atoms with Gasteiger partial charge in [-0.15, -0.1) is 0 Å². The molecule has 3 aromatic rings. The van der Waals surface area contributed by atoms with Gasteiger partial charge in [0.15, 0.2) is 0 Å². The molecule has 0 N–H and O–H groups in total. The summed E-state index contributed by atoms with van der Waals surface area (Å²) < 4.78 is 0. The van der Waals surface area contributed by atoms with E-state index in [0.29, 0.717) is 11.6 Å². The molecular weight excluding hydrogens is 331 g/mol. The molecule has 0 aliphatic carbocycles. The van der Waals surface area contributed by atoms with Crippen LogP contribution in [0.15, 0.2) is 78.9 Å². The molecule has 0 aromatic heterocycles. The third kappa shape index (κ3) is 2.91. The Morgan fingerprint density at radius 2 is 1.35 bits per heavy atom. The minimum Gasteiger partial charge on any atom is -0.0620 e. The number of rotatable bonds is 2.